The summed E-state index contributed by atoms with van der Waals surface area (Å²) in [4.78, 5) is 19.2. The molecule has 0 N–H and O–H groups in total. The summed E-state index contributed by atoms with van der Waals surface area (Å²) in [5, 5.41) is 0. The number of amides is 1. The fourth-order valence-electron chi connectivity index (χ4n) is 2.58. The van der Waals surface area contributed by atoms with Crippen LogP contribution in [-0.2, 0) is 6.54 Å². The molecular weight excluding hydrogens is 312 g/mol. The van der Waals surface area contributed by atoms with E-state index in [1.165, 1.54) is 0 Å². The van der Waals surface area contributed by atoms with Gasteiger partial charge in [0.1, 0.15) is 11.6 Å². The summed E-state index contributed by atoms with van der Waals surface area (Å²) in [5.74, 6) is 1.20. The van der Waals surface area contributed by atoms with Gasteiger partial charge in [-0.3, -0.25) is 9.69 Å². The highest BCUT2D eigenvalue weighted by molar-refractivity contribution is 6.05. The van der Waals surface area contributed by atoms with Gasteiger partial charge in [-0.25, -0.2) is 4.98 Å². The van der Waals surface area contributed by atoms with Crippen molar-refractivity contribution in [1.29, 1.82) is 0 Å². The Morgan fingerprint density at radius 1 is 1.00 bits per heavy atom. The normalized spacial score (nSPS) is 10.3. The number of ether oxygens (including phenoxy) is 1. The molecular formula is C21H20N2O2. The summed E-state index contributed by atoms with van der Waals surface area (Å²) in [6.07, 6.45) is 1.69. The summed E-state index contributed by atoms with van der Waals surface area (Å²) < 4.78 is 5.51. The first-order valence-electron chi connectivity index (χ1n) is 8.27. The maximum Gasteiger partial charge on any atom is 0.259 e. The first-order chi connectivity index (χ1) is 12.3. The Bertz CT molecular complexity index is 820. The molecule has 1 aromatic heterocycles. The summed E-state index contributed by atoms with van der Waals surface area (Å²) >= 11 is 0. The van der Waals surface area contributed by atoms with Crippen molar-refractivity contribution in [1.82, 2.24) is 4.98 Å². The van der Waals surface area contributed by atoms with E-state index in [1.54, 1.807) is 23.2 Å². The van der Waals surface area contributed by atoms with Gasteiger partial charge in [0.05, 0.1) is 13.2 Å². The quantitative estimate of drug-likeness (QED) is 0.675. The van der Waals surface area contributed by atoms with Crippen molar-refractivity contribution in [3.8, 4) is 5.75 Å². The minimum Gasteiger partial charge on any atom is -0.494 e. The van der Waals surface area contributed by atoms with E-state index in [2.05, 4.69) is 4.98 Å². The molecule has 25 heavy (non-hydrogen) atoms. The topological polar surface area (TPSA) is 42.4 Å². The molecule has 2 aromatic carbocycles. The van der Waals surface area contributed by atoms with E-state index in [0.29, 0.717) is 30.3 Å². The monoisotopic (exact) mass is 332 g/mol. The van der Waals surface area contributed by atoms with E-state index in [1.807, 2.05) is 67.6 Å². The van der Waals surface area contributed by atoms with Crippen LogP contribution >= 0.6 is 0 Å². The number of carbonyl (C=O) groups is 1. The van der Waals surface area contributed by atoms with Gasteiger partial charge in [0.15, 0.2) is 0 Å². The number of benzene rings is 2. The number of pyridine rings is 1. The molecule has 0 atom stereocenters. The Morgan fingerprint density at radius 3 is 2.52 bits per heavy atom. The third-order valence-corrected chi connectivity index (χ3v) is 3.75. The second-order valence-corrected chi connectivity index (χ2v) is 5.53. The van der Waals surface area contributed by atoms with E-state index in [9.17, 15) is 4.79 Å². The lowest BCUT2D eigenvalue weighted by molar-refractivity contribution is 0.0984. The molecule has 0 fully saturated rings. The van der Waals surface area contributed by atoms with Crippen LogP contribution < -0.4 is 9.64 Å². The van der Waals surface area contributed by atoms with Crippen molar-refractivity contribution in [2.24, 2.45) is 0 Å². The van der Waals surface area contributed by atoms with Crippen LogP contribution in [0.2, 0.25) is 0 Å². The summed E-state index contributed by atoms with van der Waals surface area (Å²) in [5.41, 5.74) is 1.62. The molecule has 4 heteroatoms. The molecule has 3 aromatic rings. The Morgan fingerprint density at radius 2 is 1.80 bits per heavy atom. The lowest BCUT2D eigenvalue weighted by Gasteiger charge is -2.22. The van der Waals surface area contributed by atoms with Crippen molar-refractivity contribution >= 4 is 11.7 Å². The second kappa shape index (κ2) is 8.11. The molecule has 1 amide bonds. The maximum absolute atomic E-state index is 13.1. The fourth-order valence-corrected chi connectivity index (χ4v) is 2.58. The van der Waals surface area contributed by atoms with Gasteiger partial charge in [0, 0.05) is 11.8 Å². The van der Waals surface area contributed by atoms with Crippen molar-refractivity contribution < 1.29 is 9.53 Å². The van der Waals surface area contributed by atoms with Crippen molar-refractivity contribution in [3.05, 3.63) is 90.1 Å². The van der Waals surface area contributed by atoms with Crippen LogP contribution in [0.15, 0.2) is 79.0 Å². The number of nitrogens with zero attached hydrogens (tertiary/aromatic N) is 2. The highest BCUT2D eigenvalue weighted by atomic mass is 16.5. The highest BCUT2D eigenvalue weighted by Gasteiger charge is 2.19. The molecule has 4 nitrogen and oxygen atoms in total. The zero-order valence-corrected chi connectivity index (χ0v) is 14.1. The predicted molar refractivity (Wildman–Crippen MR) is 98.8 cm³/mol. The zero-order chi connectivity index (χ0) is 17.5. The van der Waals surface area contributed by atoms with Gasteiger partial charge in [0.2, 0.25) is 0 Å². The van der Waals surface area contributed by atoms with Crippen LogP contribution in [0.4, 0.5) is 5.82 Å². The van der Waals surface area contributed by atoms with E-state index in [0.717, 1.165) is 5.56 Å². The minimum absolute atomic E-state index is 0.107. The number of carbonyl (C=O) groups excluding carboxylic acids is 1. The second-order valence-electron chi connectivity index (χ2n) is 5.53. The van der Waals surface area contributed by atoms with Crippen LogP contribution in [0.5, 0.6) is 5.75 Å². The first-order valence-corrected chi connectivity index (χ1v) is 8.27. The van der Waals surface area contributed by atoms with Crippen LogP contribution in [0.3, 0.4) is 0 Å². The number of anilines is 1. The van der Waals surface area contributed by atoms with Crippen molar-refractivity contribution in [3.63, 3.8) is 0 Å². The van der Waals surface area contributed by atoms with Gasteiger partial charge in [-0.2, -0.15) is 0 Å². The summed E-state index contributed by atoms with van der Waals surface area (Å²) in [6, 6.07) is 22.7. The van der Waals surface area contributed by atoms with E-state index in [-0.39, 0.29) is 5.91 Å². The van der Waals surface area contributed by atoms with Gasteiger partial charge >= 0.3 is 0 Å². The maximum atomic E-state index is 13.1. The summed E-state index contributed by atoms with van der Waals surface area (Å²) in [6.45, 7) is 2.94. The van der Waals surface area contributed by atoms with E-state index < -0.39 is 0 Å². The molecule has 0 radical (unpaired) electrons. The smallest absolute Gasteiger partial charge is 0.259 e. The van der Waals surface area contributed by atoms with E-state index >= 15 is 0 Å². The number of rotatable bonds is 6. The zero-order valence-electron chi connectivity index (χ0n) is 14.1. The highest BCUT2D eigenvalue weighted by Crippen LogP contribution is 2.20. The van der Waals surface area contributed by atoms with Gasteiger partial charge in [-0.1, -0.05) is 42.5 Å². The van der Waals surface area contributed by atoms with E-state index in [4.69, 9.17) is 4.74 Å². The van der Waals surface area contributed by atoms with Crippen molar-refractivity contribution in [2.45, 2.75) is 13.5 Å². The Balaban J connectivity index is 1.93. The number of aromatic nitrogens is 1. The lowest BCUT2D eigenvalue weighted by atomic mass is 10.1. The standard InChI is InChI=1S/C21H20N2O2/c1-2-25-19-12-8-11-18(15-19)21(24)23(20-13-6-7-14-22-20)16-17-9-4-3-5-10-17/h3-15H,2,16H2,1H3. The molecule has 0 spiro atoms. The van der Waals surface area contributed by atoms with Gasteiger partial charge in [-0.05, 0) is 42.8 Å². The first kappa shape index (κ1) is 16.7. The number of hydrogen-bond acceptors (Lipinski definition) is 3. The Kier molecular flexibility index (Phi) is 5.42. The Labute approximate surface area is 147 Å². The molecule has 0 saturated carbocycles. The van der Waals surface area contributed by atoms with Gasteiger partial charge in [0.25, 0.3) is 5.91 Å². The molecule has 3 rings (SSSR count). The third kappa shape index (κ3) is 4.23. The molecule has 0 saturated heterocycles. The molecule has 0 aliphatic rings. The molecule has 126 valence electrons. The molecule has 0 aliphatic carbocycles. The van der Waals surface area contributed by atoms with Crippen molar-refractivity contribution in [2.75, 3.05) is 11.5 Å². The average molecular weight is 332 g/mol. The van der Waals surface area contributed by atoms with Gasteiger partial charge < -0.3 is 4.74 Å². The SMILES string of the molecule is CCOc1cccc(C(=O)N(Cc2ccccc2)c2ccccn2)c1. The minimum atomic E-state index is -0.107. The number of hydrogen-bond donors (Lipinski definition) is 0. The van der Waals surface area contributed by atoms with Gasteiger partial charge in [-0.15, -0.1) is 0 Å². The third-order valence-electron chi connectivity index (χ3n) is 3.75. The van der Waals surface area contributed by atoms with Crippen LogP contribution in [0.1, 0.15) is 22.8 Å². The largest absolute Gasteiger partial charge is 0.494 e. The molecule has 0 aliphatic heterocycles. The van der Waals surface area contributed by atoms with Crippen LogP contribution in [-0.4, -0.2) is 17.5 Å². The Hall–Kier alpha value is -3.14. The lowest BCUT2D eigenvalue weighted by Crippen LogP contribution is -2.31. The predicted octanol–water partition coefficient (Wildman–Crippen LogP) is 4.33. The fraction of sp³-hybridized carbons (Fsp3) is 0.143. The average Bonchev–Trinajstić information content (AvgIpc) is 2.68. The molecule has 0 bridgehead atoms. The van der Waals surface area contributed by atoms with Crippen LogP contribution in [0.25, 0.3) is 0 Å². The molecule has 1 heterocycles. The summed E-state index contributed by atoms with van der Waals surface area (Å²) in [7, 11) is 0. The molecule has 0 unspecified atom stereocenters. The van der Waals surface area contributed by atoms with Crippen LogP contribution in [0, 0.1) is 0 Å².